The van der Waals surface area contributed by atoms with E-state index in [1.807, 2.05) is 24.3 Å². The molecule has 0 saturated carbocycles. The van der Waals surface area contributed by atoms with Gasteiger partial charge < -0.3 is 10.6 Å². The molecule has 1 heterocycles. The number of rotatable bonds is 3. The molecule has 0 amide bonds. The molecule has 18 heavy (non-hydrogen) atoms. The molecule has 2 rings (SSSR count). The summed E-state index contributed by atoms with van der Waals surface area (Å²) in [7, 11) is 1.95. The van der Waals surface area contributed by atoms with Crippen LogP contribution in [0.4, 0.5) is 11.4 Å². The highest BCUT2D eigenvalue weighted by Crippen LogP contribution is 2.33. The predicted octanol–water partition coefficient (Wildman–Crippen LogP) is 3.98. The van der Waals surface area contributed by atoms with Crippen LogP contribution in [0.3, 0.4) is 0 Å². The number of halogens is 2. The topological polar surface area (TPSA) is 42.2 Å². The molecule has 1 aromatic carbocycles. The Morgan fingerprint density at radius 2 is 2.00 bits per heavy atom. The predicted molar refractivity (Wildman–Crippen MR) is 79.8 cm³/mol. The molecule has 0 fully saturated rings. The fourth-order valence-corrected chi connectivity index (χ4v) is 2.63. The highest BCUT2D eigenvalue weighted by atomic mass is 35.5. The Labute approximate surface area is 120 Å². The number of thiazole rings is 1. The van der Waals surface area contributed by atoms with Gasteiger partial charge in [0.25, 0.3) is 0 Å². The van der Waals surface area contributed by atoms with Gasteiger partial charge in [-0.15, -0.1) is 11.3 Å². The monoisotopic (exact) mass is 301 g/mol. The maximum Gasteiger partial charge on any atom is 0.0898 e. The Kier molecular flexibility index (Phi) is 4.00. The minimum Gasteiger partial charge on any atom is -0.397 e. The van der Waals surface area contributed by atoms with E-state index in [0.717, 1.165) is 16.4 Å². The number of hydrogen-bond donors (Lipinski definition) is 1. The van der Waals surface area contributed by atoms with E-state index in [9.17, 15) is 0 Å². The average Bonchev–Trinajstić information content (AvgIpc) is 2.69. The van der Waals surface area contributed by atoms with Gasteiger partial charge in [0.1, 0.15) is 0 Å². The molecule has 0 saturated heterocycles. The van der Waals surface area contributed by atoms with Crippen LogP contribution in [0.25, 0.3) is 0 Å². The van der Waals surface area contributed by atoms with Crippen LogP contribution in [0.1, 0.15) is 10.7 Å². The van der Waals surface area contributed by atoms with Crippen molar-refractivity contribution in [3.05, 3.63) is 38.3 Å². The molecule has 0 aliphatic rings. The molecule has 0 aliphatic heterocycles. The molecule has 96 valence electrons. The number of benzene rings is 1. The third-order valence-corrected chi connectivity index (χ3v) is 4.09. The summed E-state index contributed by atoms with van der Waals surface area (Å²) >= 11 is 13.6. The highest BCUT2D eigenvalue weighted by Gasteiger charge is 2.11. The molecular formula is C12H13Cl2N3S. The number of nitrogens with zero attached hydrogens (tertiary/aromatic N) is 2. The van der Waals surface area contributed by atoms with Gasteiger partial charge in [-0.05, 0) is 19.1 Å². The van der Waals surface area contributed by atoms with E-state index in [2.05, 4.69) is 4.98 Å². The lowest BCUT2D eigenvalue weighted by Crippen LogP contribution is -2.18. The van der Waals surface area contributed by atoms with E-state index in [1.54, 1.807) is 23.5 Å². The second-order valence-electron chi connectivity index (χ2n) is 4.04. The summed E-state index contributed by atoms with van der Waals surface area (Å²) in [5.74, 6) is 0. The van der Waals surface area contributed by atoms with Crippen LogP contribution in [0, 0.1) is 6.92 Å². The summed E-state index contributed by atoms with van der Waals surface area (Å²) in [6.45, 7) is 2.67. The van der Waals surface area contributed by atoms with Crippen molar-refractivity contribution in [3.63, 3.8) is 0 Å². The summed E-state index contributed by atoms with van der Waals surface area (Å²) in [4.78, 5) is 6.43. The molecule has 0 atom stereocenters. The minimum absolute atomic E-state index is 0.468. The van der Waals surface area contributed by atoms with Crippen LogP contribution in [-0.4, -0.2) is 12.0 Å². The molecule has 0 aliphatic carbocycles. The van der Waals surface area contributed by atoms with Gasteiger partial charge in [0, 0.05) is 12.4 Å². The SMILES string of the molecule is Cc1nc(CN(C)c2cc(Cl)c(Cl)cc2N)cs1. The van der Waals surface area contributed by atoms with Crippen LogP contribution in [-0.2, 0) is 6.54 Å². The average molecular weight is 302 g/mol. The quantitative estimate of drug-likeness (QED) is 0.872. The van der Waals surface area contributed by atoms with Gasteiger partial charge in [0.2, 0.25) is 0 Å². The lowest BCUT2D eigenvalue weighted by molar-refractivity contribution is 0.892. The van der Waals surface area contributed by atoms with Crippen LogP contribution in [0.5, 0.6) is 0 Å². The first-order valence-electron chi connectivity index (χ1n) is 5.34. The third kappa shape index (κ3) is 2.88. The summed E-state index contributed by atoms with van der Waals surface area (Å²) in [6, 6.07) is 3.44. The number of anilines is 2. The zero-order valence-electron chi connectivity index (χ0n) is 10.1. The van der Waals surface area contributed by atoms with Crippen LogP contribution in [0.15, 0.2) is 17.5 Å². The second-order valence-corrected chi connectivity index (χ2v) is 5.92. The first kappa shape index (κ1) is 13.5. The van der Waals surface area contributed by atoms with E-state index in [4.69, 9.17) is 28.9 Å². The first-order valence-corrected chi connectivity index (χ1v) is 6.97. The molecule has 2 N–H and O–H groups in total. The lowest BCUT2D eigenvalue weighted by atomic mass is 10.2. The maximum absolute atomic E-state index is 6.01. The van der Waals surface area contributed by atoms with Crippen molar-refractivity contribution in [2.75, 3.05) is 17.7 Å². The van der Waals surface area contributed by atoms with E-state index < -0.39 is 0 Å². The number of aromatic nitrogens is 1. The van der Waals surface area contributed by atoms with E-state index in [0.29, 0.717) is 22.3 Å². The molecule has 3 nitrogen and oxygen atoms in total. The molecule has 6 heteroatoms. The van der Waals surface area contributed by atoms with Gasteiger partial charge in [-0.3, -0.25) is 0 Å². The second kappa shape index (κ2) is 5.34. The third-order valence-electron chi connectivity index (χ3n) is 2.55. The molecule has 0 unspecified atom stereocenters. The lowest BCUT2D eigenvalue weighted by Gasteiger charge is -2.20. The maximum atomic E-state index is 6.01. The van der Waals surface area contributed by atoms with Gasteiger partial charge >= 0.3 is 0 Å². The summed E-state index contributed by atoms with van der Waals surface area (Å²) in [5, 5.41) is 4.07. The number of nitrogens with two attached hydrogens (primary N) is 1. The Balaban J connectivity index is 2.23. The highest BCUT2D eigenvalue weighted by molar-refractivity contribution is 7.09. The van der Waals surface area contributed by atoms with Gasteiger partial charge in [-0.1, -0.05) is 23.2 Å². The van der Waals surface area contributed by atoms with Crippen molar-refractivity contribution >= 4 is 45.9 Å². The number of hydrogen-bond acceptors (Lipinski definition) is 4. The number of nitrogen functional groups attached to an aromatic ring is 1. The molecule has 2 aromatic rings. The van der Waals surface area contributed by atoms with Crippen LogP contribution in [0.2, 0.25) is 10.0 Å². The van der Waals surface area contributed by atoms with Crippen molar-refractivity contribution in [2.45, 2.75) is 13.5 Å². The zero-order chi connectivity index (χ0) is 13.3. The molecule has 0 bridgehead atoms. The molecular weight excluding hydrogens is 289 g/mol. The molecule has 1 aromatic heterocycles. The van der Waals surface area contributed by atoms with E-state index >= 15 is 0 Å². The number of aryl methyl sites for hydroxylation is 1. The van der Waals surface area contributed by atoms with Crippen molar-refractivity contribution in [1.82, 2.24) is 4.98 Å². The summed E-state index contributed by atoms with van der Waals surface area (Å²) < 4.78 is 0. The minimum atomic E-state index is 0.468. The molecule has 0 radical (unpaired) electrons. The molecule has 0 spiro atoms. The van der Waals surface area contributed by atoms with E-state index in [-0.39, 0.29) is 0 Å². The van der Waals surface area contributed by atoms with Crippen molar-refractivity contribution < 1.29 is 0 Å². The summed E-state index contributed by atoms with van der Waals surface area (Å²) in [5.41, 5.74) is 8.43. The van der Waals surface area contributed by atoms with Crippen molar-refractivity contribution in [3.8, 4) is 0 Å². The Hall–Kier alpha value is -0.970. The Morgan fingerprint density at radius 1 is 1.33 bits per heavy atom. The van der Waals surface area contributed by atoms with Gasteiger partial charge in [-0.25, -0.2) is 4.98 Å². The normalized spacial score (nSPS) is 10.7. The standard InChI is InChI=1S/C12H13Cl2N3S/c1-7-16-8(6-18-7)5-17(2)12-4-10(14)9(13)3-11(12)15/h3-4,6H,5,15H2,1-2H3. The fraction of sp³-hybridized carbons (Fsp3) is 0.250. The summed E-state index contributed by atoms with van der Waals surface area (Å²) in [6.07, 6.45) is 0. The Morgan fingerprint density at radius 3 is 2.61 bits per heavy atom. The van der Waals surface area contributed by atoms with E-state index in [1.165, 1.54) is 0 Å². The van der Waals surface area contributed by atoms with Crippen LogP contribution >= 0.6 is 34.5 Å². The largest absolute Gasteiger partial charge is 0.397 e. The zero-order valence-corrected chi connectivity index (χ0v) is 12.4. The first-order chi connectivity index (χ1) is 8.47. The van der Waals surface area contributed by atoms with Crippen molar-refractivity contribution in [2.24, 2.45) is 0 Å². The van der Waals surface area contributed by atoms with Gasteiger partial charge in [0.15, 0.2) is 0 Å². The fourth-order valence-electron chi connectivity index (χ4n) is 1.69. The van der Waals surface area contributed by atoms with Crippen LogP contribution < -0.4 is 10.6 Å². The smallest absolute Gasteiger partial charge is 0.0898 e. The van der Waals surface area contributed by atoms with Gasteiger partial charge in [-0.2, -0.15) is 0 Å². The Bertz CT molecular complexity index is 568. The van der Waals surface area contributed by atoms with Crippen molar-refractivity contribution in [1.29, 1.82) is 0 Å². The van der Waals surface area contributed by atoms with Gasteiger partial charge in [0.05, 0.1) is 38.7 Å².